The number of aliphatic hydroxyl groups excluding tert-OH is 1. The quantitative estimate of drug-likeness (QED) is 0.745. The molecule has 0 saturated heterocycles. The van der Waals surface area contributed by atoms with Crippen molar-refractivity contribution in [1.29, 1.82) is 0 Å². The number of aliphatic hydroxyl groups is 1. The van der Waals surface area contributed by atoms with Crippen LogP contribution >= 0.6 is 0 Å². The van der Waals surface area contributed by atoms with Gasteiger partial charge in [0.05, 0.1) is 0 Å². The van der Waals surface area contributed by atoms with Gasteiger partial charge in [-0.25, -0.2) is 4.79 Å². The van der Waals surface area contributed by atoms with E-state index in [9.17, 15) is 4.79 Å². The number of carbonyl (C=O) groups excluding carboxylic acids is 1. The van der Waals surface area contributed by atoms with Crippen molar-refractivity contribution in [3.63, 3.8) is 0 Å². The van der Waals surface area contributed by atoms with Gasteiger partial charge >= 0.3 is 6.09 Å². The van der Waals surface area contributed by atoms with Gasteiger partial charge in [0, 0.05) is 13.2 Å². The molecule has 0 aromatic heterocycles. The fourth-order valence-corrected chi connectivity index (χ4v) is 1.15. The predicted octanol–water partition coefficient (Wildman–Crippen LogP) is 1.60. The molecule has 88 valence electrons. The lowest BCUT2D eigenvalue weighted by molar-refractivity contribution is 0.139. The predicted molar refractivity (Wildman–Crippen MR) is 61.1 cm³/mol. The van der Waals surface area contributed by atoms with Crippen LogP contribution in [0.15, 0.2) is 24.3 Å². The van der Waals surface area contributed by atoms with Gasteiger partial charge in [0.15, 0.2) is 0 Å². The Morgan fingerprint density at radius 2 is 2.06 bits per heavy atom. The van der Waals surface area contributed by atoms with Gasteiger partial charge < -0.3 is 15.2 Å². The van der Waals surface area contributed by atoms with Crippen molar-refractivity contribution in [3.8, 4) is 0 Å². The minimum atomic E-state index is -0.450. The molecule has 4 heteroatoms. The number of benzene rings is 1. The number of hydrogen-bond acceptors (Lipinski definition) is 3. The Bertz CT molecular complexity index is 322. The first kappa shape index (κ1) is 12.5. The maximum absolute atomic E-state index is 11.1. The van der Waals surface area contributed by atoms with Crippen LogP contribution in [-0.2, 0) is 11.3 Å². The zero-order chi connectivity index (χ0) is 11.8. The second-order valence-corrected chi connectivity index (χ2v) is 3.57. The summed E-state index contributed by atoms with van der Waals surface area (Å²) in [7, 11) is 0. The van der Waals surface area contributed by atoms with Gasteiger partial charge in [-0.3, -0.25) is 0 Å². The molecular weight excluding hydrogens is 206 g/mol. The van der Waals surface area contributed by atoms with Gasteiger partial charge in [0.2, 0.25) is 0 Å². The topological polar surface area (TPSA) is 58.6 Å². The fraction of sp³-hybridized carbons (Fsp3) is 0.417. The van der Waals surface area contributed by atoms with Gasteiger partial charge in [-0.2, -0.15) is 0 Å². The zero-order valence-corrected chi connectivity index (χ0v) is 9.40. The summed E-state index contributed by atoms with van der Waals surface area (Å²) in [4.78, 5) is 11.1. The average molecular weight is 223 g/mol. The van der Waals surface area contributed by atoms with E-state index < -0.39 is 6.09 Å². The highest BCUT2D eigenvalue weighted by Crippen LogP contribution is 2.04. The third-order valence-electron chi connectivity index (χ3n) is 2.09. The third kappa shape index (κ3) is 4.79. The molecule has 0 saturated carbocycles. The Kier molecular flexibility index (Phi) is 5.36. The largest absolute Gasteiger partial charge is 0.445 e. The molecule has 1 rings (SSSR count). The Morgan fingerprint density at radius 1 is 1.38 bits per heavy atom. The van der Waals surface area contributed by atoms with Gasteiger partial charge in [0.25, 0.3) is 0 Å². The van der Waals surface area contributed by atoms with E-state index in [0.717, 1.165) is 5.56 Å². The Hall–Kier alpha value is -1.55. The number of carbonyl (C=O) groups is 1. The normalized spacial score (nSPS) is 9.88. The second kappa shape index (κ2) is 6.85. The summed E-state index contributed by atoms with van der Waals surface area (Å²) in [5, 5.41) is 11.1. The number of nitrogens with one attached hydrogen (secondary N) is 1. The average Bonchev–Trinajstić information content (AvgIpc) is 2.29. The molecule has 0 atom stereocenters. The van der Waals surface area contributed by atoms with E-state index >= 15 is 0 Å². The van der Waals surface area contributed by atoms with Crippen LogP contribution in [0.4, 0.5) is 4.79 Å². The molecular formula is C12H17NO3. The van der Waals surface area contributed by atoms with Crippen molar-refractivity contribution in [3.05, 3.63) is 35.4 Å². The summed E-state index contributed by atoms with van der Waals surface area (Å²) in [5.74, 6) is 0. The molecule has 0 heterocycles. The highest BCUT2D eigenvalue weighted by molar-refractivity contribution is 5.67. The summed E-state index contributed by atoms with van der Waals surface area (Å²) in [6.45, 7) is 2.78. The number of hydrogen-bond donors (Lipinski definition) is 2. The smallest absolute Gasteiger partial charge is 0.407 e. The molecule has 16 heavy (non-hydrogen) atoms. The second-order valence-electron chi connectivity index (χ2n) is 3.57. The highest BCUT2D eigenvalue weighted by Gasteiger charge is 2.01. The lowest BCUT2D eigenvalue weighted by Gasteiger charge is -2.06. The number of ether oxygens (including phenoxy) is 1. The zero-order valence-electron chi connectivity index (χ0n) is 9.40. The fourth-order valence-electron chi connectivity index (χ4n) is 1.15. The maximum Gasteiger partial charge on any atom is 0.407 e. The summed E-state index contributed by atoms with van der Waals surface area (Å²) in [6, 6.07) is 7.80. The molecule has 0 aliphatic rings. The third-order valence-corrected chi connectivity index (χ3v) is 2.09. The minimum Gasteiger partial charge on any atom is -0.445 e. The van der Waals surface area contributed by atoms with Crippen molar-refractivity contribution in [1.82, 2.24) is 5.32 Å². The van der Waals surface area contributed by atoms with E-state index in [1.54, 1.807) is 0 Å². The van der Waals surface area contributed by atoms with Crippen molar-refractivity contribution in [2.24, 2.45) is 0 Å². The summed E-state index contributed by atoms with van der Waals surface area (Å²) >= 11 is 0. The SMILES string of the molecule is Cc1ccc(COC(=O)NCCCO)cc1. The van der Waals surface area contributed by atoms with Crippen LogP contribution in [-0.4, -0.2) is 24.4 Å². The Morgan fingerprint density at radius 3 is 2.69 bits per heavy atom. The number of aryl methyl sites for hydroxylation is 1. The van der Waals surface area contributed by atoms with E-state index in [1.807, 2.05) is 31.2 Å². The van der Waals surface area contributed by atoms with Gasteiger partial charge in [0.1, 0.15) is 6.61 Å². The van der Waals surface area contributed by atoms with Crippen LogP contribution < -0.4 is 5.32 Å². The molecule has 1 amide bonds. The monoisotopic (exact) mass is 223 g/mol. The molecule has 0 unspecified atom stereocenters. The van der Waals surface area contributed by atoms with E-state index in [0.29, 0.717) is 13.0 Å². The molecule has 1 aromatic carbocycles. The van der Waals surface area contributed by atoms with E-state index in [2.05, 4.69) is 5.32 Å². The summed E-state index contributed by atoms with van der Waals surface area (Å²) < 4.78 is 4.98. The van der Waals surface area contributed by atoms with Crippen molar-refractivity contribution >= 4 is 6.09 Å². The molecule has 0 aliphatic heterocycles. The first-order chi connectivity index (χ1) is 7.72. The Balaban J connectivity index is 2.23. The van der Waals surface area contributed by atoms with Crippen LogP contribution in [0.1, 0.15) is 17.5 Å². The molecule has 0 radical (unpaired) electrons. The van der Waals surface area contributed by atoms with Crippen LogP contribution in [0.5, 0.6) is 0 Å². The van der Waals surface area contributed by atoms with Crippen molar-refractivity contribution < 1.29 is 14.6 Å². The maximum atomic E-state index is 11.1. The van der Waals surface area contributed by atoms with E-state index in [-0.39, 0.29) is 13.2 Å². The van der Waals surface area contributed by atoms with Crippen LogP contribution in [0.2, 0.25) is 0 Å². The molecule has 2 N–H and O–H groups in total. The number of alkyl carbamates (subject to hydrolysis) is 1. The molecule has 4 nitrogen and oxygen atoms in total. The minimum absolute atomic E-state index is 0.0677. The molecule has 0 fully saturated rings. The van der Waals surface area contributed by atoms with Gasteiger partial charge in [-0.05, 0) is 18.9 Å². The number of amides is 1. The van der Waals surface area contributed by atoms with Crippen molar-refractivity contribution in [2.45, 2.75) is 20.0 Å². The lowest BCUT2D eigenvalue weighted by atomic mass is 10.2. The molecule has 0 bridgehead atoms. The van der Waals surface area contributed by atoms with E-state index in [1.165, 1.54) is 5.56 Å². The first-order valence-electron chi connectivity index (χ1n) is 5.29. The standard InChI is InChI=1S/C12H17NO3/c1-10-3-5-11(6-4-10)9-16-12(15)13-7-2-8-14/h3-6,14H,2,7-9H2,1H3,(H,13,15). The van der Waals surface area contributed by atoms with E-state index in [4.69, 9.17) is 9.84 Å². The van der Waals surface area contributed by atoms with Crippen LogP contribution in [0.25, 0.3) is 0 Å². The summed E-state index contributed by atoms with van der Waals surface area (Å²) in [5.41, 5.74) is 2.14. The highest BCUT2D eigenvalue weighted by atomic mass is 16.5. The lowest BCUT2D eigenvalue weighted by Crippen LogP contribution is -2.25. The summed E-state index contributed by atoms with van der Waals surface area (Å²) in [6.07, 6.45) is 0.0913. The Labute approximate surface area is 95.2 Å². The van der Waals surface area contributed by atoms with Crippen LogP contribution in [0, 0.1) is 6.92 Å². The molecule has 0 spiro atoms. The van der Waals surface area contributed by atoms with Gasteiger partial charge in [-0.15, -0.1) is 0 Å². The first-order valence-corrected chi connectivity index (χ1v) is 5.29. The molecule has 0 aliphatic carbocycles. The molecule has 1 aromatic rings. The van der Waals surface area contributed by atoms with Crippen LogP contribution in [0.3, 0.4) is 0 Å². The van der Waals surface area contributed by atoms with Gasteiger partial charge in [-0.1, -0.05) is 29.8 Å². The van der Waals surface area contributed by atoms with Crippen molar-refractivity contribution in [2.75, 3.05) is 13.2 Å². The number of rotatable bonds is 5.